The van der Waals surface area contributed by atoms with E-state index in [0.29, 0.717) is 11.5 Å². The quantitative estimate of drug-likeness (QED) is 0.938. The number of aliphatic hydroxyl groups excluding tert-OH is 1. The number of nitrogens with zero attached hydrogens (tertiary/aromatic N) is 2. The van der Waals surface area contributed by atoms with Gasteiger partial charge in [-0.1, -0.05) is 35.5 Å². The first kappa shape index (κ1) is 15.4. The van der Waals surface area contributed by atoms with Crippen molar-refractivity contribution in [3.05, 3.63) is 53.4 Å². The maximum atomic E-state index is 12.9. The lowest BCUT2D eigenvalue weighted by Crippen LogP contribution is -2.44. The molecule has 3 atom stereocenters. The van der Waals surface area contributed by atoms with Gasteiger partial charge in [0.15, 0.2) is 5.69 Å². The molecule has 1 amide bonds. The number of amides is 1. The molecule has 2 saturated heterocycles. The van der Waals surface area contributed by atoms with Crippen molar-refractivity contribution in [3.8, 4) is 0 Å². The van der Waals surface area contributed by atoms with E-state index in [1.807, 2.05) is 23.1 Å². The molecule has 1 aromatic carbocycles. The average Bonchev–Trinajstić information content (AvgIpc) is 3.28. The molecule has 0 radical (unpaired) electrons. The Labute approximate surface area is 141 Å². The molecular weight excluding hydrogens is 304 g/mol. The number of benzene rings is 1. The first-order valence-corrected chi connectivity index (χ1v) is 8.54. The molecule has 126 valence electrons. The van der Waals surface area contributed by atoms with Gasteiger partial charge in [0, 0.05) is 23.6 Å². The summed E-state index contributed by atoms with van der Waals surface area (Å²) in [5.41, 5.74) is 1.33. The average molecular weight is 326 g/mol. The Morgan fingerprint density at radius 1 is 1.38 bits per heavy atom. The molecule has 0 saturated carbocycles. The van der Waals surface area contributed by atoms with Crippen LogP contribution < -0.4 is 0 Å². The van der Waals surface area contributed by atoms with Gasteiger partial charge in [-0.3, -0.25) is 4.79 Å². The SMILES string of the molecule is Cc1cc(C(=O)N2[C@@H]3CC[C@H]2[C@](CO)(Cc2ccccc2)C3)no1. The normalized spacial score (nSPS) is 28.5. The summed E-state index contributed by atoms with van der Waals surface area (Å²) in [6.45, 7) is 1.89. The van der Waals surface area contributed by atoms with Crippen LogP contribution in [0.1, 0.15) is 41.1 Å². The minimum absolute atomic E-state index is 0.0669. The Bertz CT molecular complexity index is 742. The Morgan fingerprint density at radius 3 is 2.83 bits per heavy atom. The third-order valence-electron chi connectivity index (χ3n) is 5.65. The summed E-state index contributed by atoms with van der Waals surface area (Å²) in [6, 6.07) is 12.2. The number of carbonyl (C=O) groups is 1. The van der Waals surface area contributed by atoms with Gasteiger partial charge in [0.25, 0.3) is 5.91 Å². The molecule has 1 aromatic heterocycles. The van der Waals surface area contributed by atoms with Crippen molar-refractivity contribution in [3.63, 3.8) is 0 Å². The van der Waals surface area contributed by atoms with Crippen molar-refractivity contribution in [1.29, 1.82) is 0 Å². The molecule has 2 aromatic rings. The molecule has 0 aliphatic carbocycles. The number of hydrogen-bond acceptors (Lipinski definition) is 4. The lowest BCUT2D eigenvalue weighted by atomic mass is 9.70. The summed E-state index contributed by atoms with van der Waals surface area (Å²) in [5, 5.41) is 14.1. The molecular formula is C19H22N2O3. The van der Waals surface area contributed by atoms with Gasteiger partial charge in [-0.2, -0.15) is 0 Å². The lowest BCUT2D eigenvalue weighted by Gasteiger charge is -2.36. The van der Waals surface area contributed by atoms with E-state index in [2.05, 4.69) is 17.3 Å². The summed E-state index contributed by atoms with van der Waals surface area (Å²) in [7, 11) is 0. The van der Waals surface area contributed by atoms with E-state index < -0.39 is 0 Å². The van der Waals surface area contributed by atoms with Crippen molar-refractivity contribution in [2.24, 2.45) is 5.41 Å². The third kappa shape index (κ3) is 2.35. The van der Waals surface area contributed by atoms with E-state index >= 15 is 0 Å². The summed E-state index contributed by atoms with van der Waals surface area (Å²) in [4.78, 5) is 14.9. The predicted molar refractivity (Wildman–Crippen MR) is 88.5 cm³/mol. The van der Waals surface area contributed by atoms with E-state index in [4.69, 9.17) is 4.52 Å². The van der Waals surface area contributed by atoms with Gasteiger partial charge in [0.05, 0.1) is 6.61 Å². The Balaban J connectivity index is 1.62. The minimum Gasteiger partial charge on any atom is -0.396 e. The number of carbonyl (C=O) groups excluding carboxylic acids is 1. The van der Waals surface area contributed by atoms with E-state index in [1.54, 1.807) is 13.0 Å². The van der Waals surface area contributed by atoms with Crippen LogP contribution in [0.2, 0.25) is 0 Å². The lowest BCUT2D eigenvalue weighted by molar-refractivity contribution is 0.0563. The zero-order valence-corrected chi connectivity index (χ0v) is 13.8. The smallest absolute Gasteiger partial charge is 0.276 e. The maximum Gasteiger partial charge on any atom is 0.276 e. The largest absolute Gasteiger partial charge is 0.396 e. The van der Waals surface area contributed by atoms with Crippen molar-refractivity contribution in [2.45, 2.75) is 44.7 Å². The molecule has 3 heterocycles. The van der Waals surface area contributed by atoms with Gasteiger partial charge in [-0.15, -0.1) is 0 Å². The molecule has 0 spiro atoms. The van der Waals surface area contributed by atoms with Gasteiger partial charge >= 0.3 is 0 Å². The fraction of sp³-hybridized carbons (Fsp3) is 0.474. The van der Waals surface area contributed by atoms with Crippen molar-refractivity contribution >= 4 is 5.91 Å². The van der Waals surface area contributed by atoms with Gasteiger partial charge in [0.1, 0.15) is 5.76 Å². The molecule has 2 fully saturated rings. The van der Waals surface area contributed by atoms with E-state index in [-0.39, 0.29) is 30.0 Å². The zero-order valence-electron chi connectivity index (χ0n) is 13.8. The summed E-state index contributed by atoms with van der Waals surface area (Å²) >= 11 is 0. The molecule has 5 nitrogen and oxygen atoms in total. The van der Waals surface area contributed by atoms with E-state index in [9.17, 15) is 9.90 Å². The third-order valence-corrected chi connectivity index (χ3v) is 5.65. The molecule has 2 aliphatic heterocycles. The summed E-state index contributed by atoms with van der Waals surface area (Å²) in [5.74, 6) is 0.574. The molecule has 24 heavy (non-hydrogen) atoms. The van der Waals surface area contributed by atoms with Crippen LogP contribution in [-0.2, 0) is 6.42 Å². The second-order valence-electron chi connectivity index (χ2n) is 7.17. The molecule has 4 rings (SSSR count). The topological polar surface area (TPSA) is 66.6 Å². The fourth-order valence-corrected chi connectivity index (χ4v) is 4.61. The van der Waals surface area contributed by atoms with E-state index in [0.717, 1.165) is 25.7 Å². The second kappa shape index (κ2) is 5.74. The zero-order chi connectivity index (χ0) is 16.7. The molecule has 0 unspecified atom stereocenters. The van der Waals surface area contributed by atoms with Crippen LogP contribution in [0.25, 0.3) is 0 Å². The number of hydrogen-bond donors (Lipinski definition) is 1. The number of rotatable bonds is 4. The van der Waals surface area contributed by atoms with Gasteiger partial charge in [0.2, 0.25) is 0 Å². The molecule has 1 N–H and O–H groups in total. The number of aromatic nitrogens is 1. The van der Waals surface area contributed by atoms with Crippen LogP contribution in [-0.4, -0.2) is 39.8 Å². The van der Waals surface area contributed by atoms with Gasteiger partial charge in [-0.05, 0) is 38.2 Å². The first-order chi connectivity index (χ1) is 11.6. The van der Waals surface area contributed by atoms with Gasteiger partial charge in [-0.25, -0.2) is 0 Å². The van der Waals surface area contributed by atoms with Crippen LogP contribution in [0, 0.1) is 12.3 Å². The highest BCUT2D eigenvalue weighted by Crippen LogP contribution is 2.51. The van der Waals surface area contributed by atoms with Crippen LogP contribution in [0.15, 0.2) is 40.9 Å². The summed E-state index contributed by atoms with van der Waals surface area (Å²) in [6.07, 6.45) is 3.60. The highest BCUT2D eigenvalue weighted by atomic mass is 16.5. The molecule has 2 aliphatic rings. The summed E-state index contributed by atoms with van der Waals surface area (Å²) < 4.78 is 5.06. The van der Waals surface area contributed by atoms with Gasteiger partial charge < -0.3 is 14.5 Å². The predicted octanol–water partition coefficient (Wildman–Crippen LogP) is 2.58. The Hall–Kier alpha value is -2.14. The Kier molecular flexibility index (Phi) is 3.68. The first-order valence-electron chi connectivity index (χ1n) is 8.54. The minimum atomic E-state index is -0.251. The van der Waals surface area contributed by atoms with Crippen LogP contribution in [0.5, 0.6) is 0 Å². The standard InChI is InChI=1S/C19H22N2O3/c1-13-9-16(20-24-13)18(23)21-15-7-8-17(21)19(11-15,12-22)10-14-5-3-2-4-6-14/h2-6,9,15,17,22H,7-8,10-12H2,1H3/t15-,17+,19-/m1/s1. The van der Waals surface area contributed by atoms with Crippen molar-refractivity contribution < 1.29 is 14.4 Å². The number of aliphatic hydroxyl groups is 1. The number of fused-ring (bicyclic) bond motifs is 2. The van der Waals surface area contributed by atoms with E-state index in [1.165, 1.54) is 5.56 Å². The highest BCUT2D eigenvalue weighted by molar-refractivity contribution is 5.93. The molecule has 5 heteroatoms. The molecule has 2 bridgehead atoms. The fourth-order valence-electron chi connectivity index (χ4n) is 4.61. The van der Waals surface area contributed by atoms with Crippen LogP contribution in [0.3, 0.4) is 0 Å². The highest BCUT2D eigenvalue weighted by Gasteiger charge is 2.57. The van der Waals surface area contributed by atoms with Crippen molar-refractivity contribution in [2.75, 3.05) is 6.61 Å². The van der Waals surface area contributed by atoms with Crippen molar-refractivity contribution in [1.82, 2.24) is 10.1 Å². The second-order valence-corrected chi connectivity index (χ2v) is 7.17. The van der Waals surface area contributed by atoms with Crippen LogP contribution in [0.4, 0.5) is 0 Å². The monoisotopic (exact) mass is 326 g/mol. The Morgan fingerprint density at radius 2 is 2.17 bits per heavy atom. The van der Waals surface area contributed by atoms with Crippen LogP contribution >= 0.6 is 0 Å². The number of aryl methyl sites for hydroxylation is 1. The maximum absolute atomic E-state index is 12.9.